The van der Waals surface area contributed by atoms with Gasteiger partial charge in [-0.3, -0.25) is 4.31 Å². The van der Waals surface area contributed by atoms with Crippen molar-refractivity contribution in [1.29, 1.82) is 0 Å². The third kappa shape index (κ3) is 3.03. The van der Waals surface area contributed by atoms with Crippen LogP contribution in [0.15, 0.2) is 22.5 Å². The highest BCUT2D eigenvalue weighted by molar-refractivity contribution is 8.36. The van der Waals surface area contributed by atoms with E-state index >= 15 is 0 Å². The molecule has 2 aliphatic rings. The molecule has 1 aliphatic heterocycles. The number of hydrogen-bond acceptors (Lipinski definition) is 1. The molecule has 1 saturated carbocycles. The van der Waals surface area contributed by atoms with Crippen LogP contribution in [0.2, 0.25) is 0 Å². The summed E-state index contributed by atoms with van der Waals surface area (Å²) in [5, 5.41) is 5.17. The first-order chi connectivity index (χ1) is 8.53. The van der Waals surface area contributed by atoms with Gasteiger partial charge in [0, 0.05) is 0 Å². The molecule has 2 rings (SSSR count). The molecule has 0 aromatic carbocycles. The lowest BCUT2D eigenvalue weighted by Crippen LogP contribution is -2.20. The topological polar surface area (TPSA) is 3.24 Å². The third-order valence-electron chi connectivity index (χ3n) is 4.19. The second-order valence-electron chi connectivity index (χ2n) is 6.44. The van der Waals surface area contributed by atoms with Gasteiger partial charge in [-0.15, -0.1) is 10.2 Å². The first-order valence-electron chi connectivity index (χ1n) is 7.42. The predicted octanol–water partition coefficient (Wildman–Crippen LogP) is 4.92. The number of hydrogen-bond donors (Lipinski definition) is 0. The van der Waals surface area contributed by atoms with Crippen molar-refractivity contribution in [2.75, 3.05) is 19.8 Å². The average molecular weight is 267 g/mol. The van der Waals surface area contributed by atoms with E-state index in [1.54, 1.807) is 5.57 Å². The summed E-state index contributed by atoms with van der Waals surface area (Å²) in [7, 11) is 3.72. The van der Waals surface area contributed by atoms with Crippen molar-refractivity contribution in [3.8, 4) is 0 Å². The summed E-state index contributed by atoms with van der Waals surface area (Å²) in [5.41, 5.74) is 1.65. The minimum atomic E-state index is -0.785. The minimum absolute atomic E-state index is 0.772. The van der Waals surface area contributed by atoms with Gasteiger partial charge in [0.2, 0.25) is 0 Å². The van der Waals surface area contributed by atoms with E-state index in [0.29, 0.717) is 0 Å². The van der Waals surface area contributed by atoms with Gasteiger partial charge in [-0.2, -0.15) is 0 Å². The van der Waals surface area contributed by atoms with Gasteiger partial charge >= 0.3 is 0 Å². The molecule has 18 heavy (non-hydrogen) atoms. The largest absolute Gasteiger partial charge is 0.267 e. The fraction of sp³-hybridized carbons (Fsp3) is 0.750. The van der Waals surface area contributed by atoms with Crippen molar-refractivity contribution in [3.05, 3.63) is 22.5 Å². The van der Waals surface area contributed by atoms with Gasteiger partial charge in [-0.1, -0.05) is 39.2 Å². The molecule has 0 spiro atoms. The van der Waals surface area contributed by atoms with E-state index < -0.39 is 10.2 Å². The smallest absolute Gasteiger partial charge is 0.00132 e. The highest BCUT2D eigenvalue weighted by Gasteiger charge is 2.29. The summed E-state index contributed by atoms with van der Waals surface area (Å²) in [6.45, 7) is 4.69. The Hall–Kier alpha value is -0.210. The lowest BCUT2D eigenvalue weighted by Gasteiger charge is -2.40. The molecule has 0 aromatic heterocycles. The Morgan fingerprint density at radius 3 is 2.44 bits per heavy atom. The van der Waals surface area contributed by atoms with Crippen LogP contribution in [0.4, 0.5) is 0 Å². The number of allylic oxidation sites excluding steroid dienone is 2. The second kappa shape index (κ2) is 5.83. The van der Waals surface area contributed by atoms with Gasteiger partial charge in [0.15, 0.2) is 0 Å². The van der Waals surface area contributed by atoms with E-state index in [1.807, 2.05) is 0 Å². The van der Waals surface area contributed by atoms with Crippen LogP contribution in [-0.2, 0) is 0 Å². The Balaban J connectivity index is 2.14. The standard InChI is InChI=1S/C16H29NS/c1-14(2)12-18(17(3)4)11-10-16(13-18)15-8-6-5-7-9-15/h10-11,13-15H,5-9,12H2,1-4H3. The maximum Gasteiger partial charge on any atom is -0.00132 e. The molecule has 2 heteroatoms. The van der Waals surface area contributed by atoms with Crippen LogP contribution < -0.4 is 0 Å². The molecule has 0 radical (unpaired) electrons. The van der Waals surface area contributed by atoms with Gasteiger partial charge < -0.3 is 0 Å². The monoisotopic (exact) mass is 267 g/mol. The number of rotatable bonds is 4. The average Bonchev–Trinajstić information content (AvgIpc) is 2.75. The Morgan fingerprint density at radius 2 is 1.89 bits per heavy atom. The molecule has 1 unspecified atom stereocenters. The van der Waals surface area contributed by atoms with Gasteiger partial charge in [-0.05, 0) is 60.9 Å². The van der Waals surface area contributed by atoms with Crippen LogP contribution in [0.1, 0.15) is 46.0 Å². The number of nitrogens with zero attached hydrogens (tertiary/aromatic N) is 1. The third-order valence-corrected chi connectivity index (χ3v) is 8.04. The van der Waals surface area contributed by atoms with Crippen LogP contribution >= 0.6 is 10.2 Å². The zero-order valence-corrected chi connectivity index (χ0v) is 13.3. The SMILES string of the molecule is CC(C)CS1(N(C)C)C=CC(C2CCCCC2)=C1. The van der Waals surface area contributed by atoms with Gasteiger partial charge in [0.25, 0.3) is 0 Å². The first kappa shape index (κ1) is 14.2. The van der Waals surface area contributed by atoms with Crippen LogP contribution in [-0.4, -0.2) is 24.2 Å². The van der Waals surface area contributed by atoms with Crippen molar-refractivity contribution >= 4 is 10.2 Å². The van der Waals surface area contributed by atoms with E-state index in [-0.39, 0.29) is 0 Å². The quantitative estimate of drug-likeness (QED) is 0.699. The maximum absolute atomic E-state index is 2.64. The lowest BCUT2D eigenvalue weighted by atomic mass is 9.84. The molecular weight excluding hydrogens is 238 g/mol. The zero-order valence-electron chi connectivity index (χ0n) is 12.5. The summed E-state index contributed by atoms with van der Waals surface area (Å²) in [4.78, 5) is 0. The Bertz CT molecular complexity index is 337. The highest BCUT2D eigenvalue weighted by Crippen LogP contribution is 2.59. The van der Waals surface area contributed by atoms with Gasteiger partial charge in [0.1, 0.15) is 0 Å². The molecule has 0 bridgehead atoms. The fourth-order valence-corrected chi connectivity index (χ4v) is 6.43. The normalized spacial score (nSPS) is 32.9. The molecular formula is C16H29NS. The van der Waals surface area contributed by atoms with E-state index in [1.165, 1.54) is 37.9 Å². The molecule has 0 saturated heterocycles. The molecule has 1 aliphatic carbocycles. The summed E-state index contributed by atoms with van der Waals surface area (Å²) >= 11 is 0. The molecule has 1 fully saturated rings. The second-order valence-corrected chi connectivity index (χ2v) is 9.63. The first-order valence-corrected chi connectivity index (χ1v) is 9.30. The van der Waals surface area contributed by atoms with Crippen molar-refractivity contribution in [1.82, 2.24) is 4.31 Å². The summed E-state index contributed by atoms with van der Waals surface area (Å²) in [5.74, 6) is 2.94. The van der Waals surface area contributed by atoms with Crippen molar-refractivity contribution in [3.63, 3.8) is 0 Å². The summed E-state index contributed by atoms with van der Waals surface area (Å²) < 4.78 is 2.47. The van der Waals surface area contributed by atoms with Gasteiger partial charge in [-0.25, -0.2) is 0 Å². The Kier molecular flexibility index (Phi) is 4.60. The maximum atomic E-state index is 2.64. The van der Waals surface area contributed by atoms with Crippen LogP contribution in [0, 0.1) is 11.8 Å². The molecule has 0 aromatic rings. The molecule has 104 valence electrons. The molecule has 1 nitrogen and oxygen atoms in total. The minimum Gasteiger partial charge on any atom is -0.267 e. The van der Waals surface area contributed by atoms with Crippen molar-refractivity contribution < 1.29 is 0 Å². The molecule has 0 amide bonds. The summed E-state index contributed by atoms with van der Waals surface area (Å²) in [6, 6.07) is 0. The van der Waals surface area contributed by atoms with Crippen molar-refractivity contribution in [2.24, 2.45) is 11.8 Å². The van der Waals surface area contributed by atoms with Crippen LogP contribution in [0.5, 0.6) is 0 Å². The van der Waals surface area contributed by atoms with E-state index in [0.717, 1.165) is 11.8 Å². The molecule has 1 heterocycles. The highest BCUT2D eigenvalue weighted by atomic mass is 32.3. The van der Waals surface area contributed by atoms with Crippen LogP contribution in [0.25, 0.3) is 0 Å². The van der Waals surface area contributed by atoms with Crippen molar-refractivity contribution in [2.45, 2.75) is 46.0 Å². The Morgan fingerprint density at radius 1 is 1.22 bits per heavy atom. The molecule has 1 atom stereocenters. The van der Waals surface area contributed by atoms with E-state index in [2.05, 4.69) is 49.1 Å². The lowest BCUT2D eigenvalue weighted by molar-refractivity contribution is 0.409. The Labute approximate surface area is 115 Å². The van der Waals surface area contributed by atoms with Crippen LogP contribution in [0.3, 0.4) is 0 Å². The fourth-order valence-electron chi connectivity index (χ4n) is 3.19. The van der Waals surface area contributed by atoms with E-state index in [4.69, 9.17) is 0 Å². The summed E-state index contributed by atoms with van der Waals surface area (Å²) in [6.07, 6.45) is 9.61. The predicted molar refractivity (Wildman–Crippen MR) is 84.8 cm³/mol. The van der Waals surface area contributed by atoms with Gasteiger partial charge in [0.05, 0.1) is 0 Å². The zero-order chi connectivity index (χ0) is 13.2. The van der Waals surface area contributed by atoms with E-state index in [9.17, 15) is 0 Å². The molecule has 0 N–H and O–H groups in total.